The van der Waals surface area contributed by atoms with Crippen LogP contribution in [0.3, 0.4) is 0 Å². The fraction of sp³-hybridized carbons (Fsp3) is 0.500. The number of hydrogen-bond donors (Lipinski definition) is 1. The highest BCUT2D eigenvalue weighted by Crippen LogP contribution is 2.26. The fourth-order valence-corrected chi connectivity index (χ4v) is 2.47. The molecule has 0 radical (unpaired) electrons. The van der Waals surface area contributed by atoms with Crippen LogP contribution < -0.4 is 5.32 Å². The van der Waals surface area contributed by atoms with E-state index in [1.54, 1.807) is 7.11 Å². The van der Waals surface area contributed by atoms with Crippen LogP contribution >= 0.6 is 23.4 Å². The highest BCUT2D eigenvalue weighted by atomic mass is 35.5. The molecule has 0 spiro atoms. The monoisotopic (exact) mass is 317 g/mol. The Morgan fingerprint density at radius 1 is 1.30 bits per heavy atom. The largest absolute Gasteiger partial charge is 0.382 e. The molecule has 1 amide bonds. The number of carbonyl (C=O) groups excluding carboxylic acids is 1. The molecule has 0 aliphatic heterocycles. The summed E-state index contributed by atoms with van der Waals surface area (Å²) in [6, 6.07) is 7.50. The number of thioether (sulfide) groups is 1. The molecule has 0 aromatic heterocycles. The molecule has 0 heterocycles. The Hall–Kier alpha value is -0.750. The summed E-state index contributed by atoms with van der Waals surface area (Å²) < 4.78 is 10.2. The smallest absolute Gasteiger partial charge is 0.230 e. The number of ether oxygens (including phenoxy) is 2. The van der Waals surface area contributed by atoms with Gasteiger partial charge in [-0.2, -0.15) is 0 Å². The first-order valence-corrected chi connectivity index (χ1v) is 7.81. The van der Waals surface area contributed by atoms with E-state index in [4.69, 9.17) is 21.1 Å². The summed E-state index contributed by atoms with van der Waals surface area (Å²) in [5, 5.41) is 3.53. The predicted molar refractivity (Wildman–Crippen MR) is 82.5 cm³/mol. The summed E-state index contributed by atoms with van der Waals surface area (Å²) in [6.45, 7) is 2.43. The third-order valence-electron chi connectivity index (χ3n) is 2.41. The van der Waals surface area contributed by atoms with Crippen molar-refractivity contribution in [3.63, 3.8) is 0 Å². The van der Waals surface area contributed by atoms with Crippen LogP contribution in [0.25, 0.3) is 0 Å². The van der Waals surface area contributed by atoms with Crippen molar-refractivity contribution in [2.75, 3.05) is 39.2 Å². The van der Waals surface area contributed by atoms with Gasteiger partial charge in [-0.25, -0.2) is 0 Å². The van der Waals surface area contributed by atoms with Gasteiger partial charge in [-0.1, -0.05) is 23.7 Å². The highest BCUT2D eigenvalue weighted by Gasteiger charge is 2.04. The second-order valence-corrected chi connectivity index (χ2v) is 5.45. The van der Waals surface area contributed by atoms with Gasteiger partial charge in [0.2, 0.25) is 5.91 Å². The van der Waals surface area contributed by atoms with Crippen molar-refractivity contribution in [1.82, 2.24) is 5.32 Å². The molecule has 0 atom stereocenters. The minimum Gasteiger partial charge on any atom is -0.382 e. The van der Waals surface area contributed by atoms with Crippen molar-refractivity contribution in [1.29, 1.82) is 0 Å². The number of amides is 1. The summed E-state index contributed by atoms with van der Waals surface area (Å²) in [4.78, 5) is 12.6. The van der Waals surface area contributed by atoms with Crippen LogP contribution in [0.15, 0.2) is 29.2 Å². The number of halogens is 1. The molecule has 1 N–H and O–H groups in total. The number of carbonyl (C=O) groups is 1. The second kappa shape index (κ2) is 11.0. The van der Waals surface area contributed by atoms with Gasteiger partial charge in [-0.15, -0.1) is 11.8 Å². The maximum absolute atomic E-state index is 11.6. The molecule has 6 heteroatoms. The van der Waals surface area contributed by atoms with Gasteiger partial charge in [-0.3, -0.25) is 4.79 Å². The first-order chi connectivity index (χ1) is 9.74. The van der Waals surface area contributed by atoms with E-state index in [1.165, 1.54) is 11.8 Å². The zero-order valence-electron chi connectivity index (χ0n) is 11.6. The Bertz CT molecular complexity index is 404. The van der Waals surface area contributed by atoms with Gasteiger partial charge < -0.3 is 14.8 Å². The molecule has 0 aliphatic rings. The van der Waals surface area contributed by atoms with Crippen molar-refractivity contribution in [3.8, 4) is 0 Å². The lowest BCUT2D eigenvalue weighted by atomic mass is 10.4. The maximum Gasteiger partial charge on any atom is 0.230 e. The summed E-state index contributed by atoms with van der Waals surface area (Å²) >= 11 is 7.45. The van der Waals surface area contributed by atoms with Crippen LogP contribution in [0.2, 0.25) is 5.02 Å². The molecule has 112 valence electrons. The topological polar surface area (TPSA) is 47.6 Å². The summed E-state index contributed by atoms with van der Waals surface area (Å²) in [5.41, 5.74) is 0. The molecule has 1 rings (SSSR count). The Morgan fingerprint density at radius 2 is 2.10 bits per heavy atom. The molecule has 1 aromatic carbocycles. The molecule has 0 fully saturated rings. The van der Waals surface area contributed by atoms with Gasteiger partial charge >= 0.3 is 0 Å². The van der Waals surface area contributed by atoms with Gasteiger partial charge in [0.1, 0.15) is 0 Å². The van der Waals surface area contributed by atoms with E-state index in [-0.39, 0.29) is 5.91 Å². The van der Waals surface area contributed by atoms with E-state index in [1.807, 2.05) is 24.3 Å². The SMILES string of the molecule is COCCOCCCNC(=O)CSc1ccccc1Cl. The first-order valence-electron chi connectivity index (χ1n) is 6.44. The summed E-state index contributed by atoms with van der Waals surface area (Å²) in [7, 11) is 1.64. The lowest BCUT2D eigenvalue weighted by Gasteiger charge is -2.06. The van der Waals surface area contributed by atoms with E-state index >= 15 is 0 Å². The van der Waals surface area contributed by atoms with Gasteiger partial charge in [0, 0.05) is 25.2 Å². The summed E-state index contributed by atoms with van der Waals surface area (Å²) in [5.74, 6) is 0.376. The minimum absolute atomic E-state index is 0.00631. The van der Waals surface area contributed by atoms with Gasteiger partial charge in [0.15, 0.2) is 0 Å². The predicted octanol–water partition coefficient (Wildman–Crippen LogP) is 2.60. The lowest BCUT2D eigenvalue weighted by molar-refractivity contribution is -0.118. The molecule has 1 aromatic rings. The zero-order valence-corrected chi connectivity index (χ0v) is 13.1. The first kappa shape index (κ1) is 17.3. The van der Waals surface area contributed by atoms with Crippen molar-refractivity contribution in [2.24, 2.45) is 0 Å². The number of rotatable bonds is 10. The van der Waals surface area contributed by atoms with Gasteiger partial charge in [0.05, 0.1) is 24.0 Å². The van der Waals surface area contributed by atoms with Crippen LogP contribution in [0.4, 0.5) is 0 Å². The average Bonchev–Trinajstić information content (AvgIpc) is 2.45. The highest BCUT2D eigenvalue weighted by molar-refractivity contribution is 8.00. The van der Waals surface area contributed by atoms with Gasteiger partial charge in [-0.05, 0) is 18.6 Å². The average molecular weight is 318 g/mol. The molecule has 0 bridgehead atoms. The molecule has 20 heavy (non-hydrogen) atoms. The molecular formula is C14H20ClNO3S. The van der Waals surface area contributed by atoms with Crippen molar-refractivity contribution in [2.45, 2.75) is 11.3 Å². The van der Waals surface area contributed by atoms with Crippen molar-refractivity contribution < 1.29 is 14.3 Å². The third kappa shape index (κ3) is 7.75. The Kier molecular flexibility index (Phi) is 9.49. The zero-order chi connectivity index (χ0) is 14.6. The quantitative estimate of drug-likeness (QED) is 0.532. The van der Waals surface area contributed by atoms with Crippen LogP contribution in [0, 0.1) is 0 Å². The van der Waals surface area contributed by atoms with E-state index in [0.717, 1.165) is 11.3 Å². The number of benzene rings is 1. The maximum atomic E-state index is 11.6. The molecule has 0 aliphatic carbocycles. The Balaban J connectivity index is 2.05. The van der Waals surface area contributed by atoms with Crippen LogP contribution in [-0.4, -0.2) is 45.1 Å². The van der Waals surface area contributed by atoms with Crippen LogP contribution in [0.1, 0.15) is 6.42 Å². The number of hydrogen-bond acceptors (Lipinski definition) is 4. The Labute approximate surface area is 129 Å². The third-order valence-corrected chi connectivity index (χ3v) is 3.93. The second-order valence-electron chi connectivity index (χ2n) is 4.03. The molecule has 4 nitrogen and oxygen atoms in total. The lowest BCUT2D eigenvalue weighted by Crippen LogP contribution is -2.27. The standard InChI is InChI=1S/C14H20ClNO3S/c1-18-9-10-19-8-4-7-16-14(17)11-20-13-6-3-2-5-12(13)15/h2-3,5-6H,4,7-11H2,1H3,(H,16,17). The van der Waals surface area contributed by atoms with E-state index in [2.05, 4.69) is 5.32 Å². The van der Waals surface area contributed by atoms with E-state index < -0.39 is 0 Å². The fourth-order valence-electron chi connectivity index (χ4n) is 1.40. The minimum atomic E-state index is 0.00631. The molecule has 0 saturated carbocycles. The Morgan fingerprint density at radius 3 is 2.85 bits per heavy atom. The van der Waals surface area contributed by atoms with Gasteiger partial charge in [0.25, 0.3) is 0 Å². The summed E-state index contributed by atoms with van der Waals surface area (Å²) in [6.07, 6.45) is 0.798. The van der Waals surface area contributed by atoms with E-state index in [9.17, 15) is 4.79 Å². The normalized spacial score (nSPS) is 10.5. The van der Waals surface area contributed by atoms with E-state index in [0.29, 0.717) is 37.1 Å². The number of nitrogens with one attached hydrogen (secondary N) is 1. The van der Waals surface area contributed by atoms with Crippen LogP contribution in [-0.2, 0) is 14.3 Å². The molecular weight excluding hydrogens is 298 g/mol. The number of methoxy groups -OCH3 is 1. The van der Waals surface area contributed by atoms with Crippen molar-refractivity contribution >= 4 is 29.3 Å². The van der Waals surface area contributed by atoms with Crippen molar-refractivity contribution in [3.05, 3.63) is 29.3 Å². The molecule has 0 saturated heterocycles. The molecule has 0 unspecified atom stereocenters. The van der Waals surface area contributed by atoms with Crippen LogP contribution in [0.5, 0.6) is 0 Å².